The molecule has 0 amide bonds. The molecule has 6 heteroatoms. The summed E-state index contributed by atoms with van der Waals surface area (Å²) in [5.41, 5.74) is -0.128. The first-order valence-corrected chi connectivity index (χ1v) is 6.68. The highest BCUT2D eigenvalue weighted by Crippen LogP contribution is 2.36. The molecule has 1 heterocycles. The Hall–Kier alpha value is -1.66. The van der Waals surface area contributed by atoms with Crippen molar-refractivity contribution in [3.05, 3.63) is 35.7 Å². The zero-order valence-electron chi connectivity index (χ0n) is 12.5. The van der Waals surface area contributed by atoms with Crippen molar-refractivity contribution in [2.75, 3.05) is 0 Å². The van der Waals surface area contributed by atoms with Crippen LogP contribution in [0.1, 0.15) is 33.3 Å². The van der Waals surface area contributed by atoms with Gasteiger partial charge in [0.2, 0.25) is 0 Å². The lowest BCUT2D eigenvalue weighted by atomic mass is 9.78. The van der Waals surface area contributed by atoms with Gasteiger partial charge in [-0.25, -0.2) is 9.18 Å². The van der Waals surface area contributed by atoms with E-state index >= 15 is 0 Å². The Morgan fingerprint density at radius 1 is 1.24 bits per heavy atom. The van der Waals surface area contributed by atoms with E-state index in [1.165, 1.54) is 18.2 Å². The second kappa shape index (κ2) is 5.28. The van der Waals surface area contributed by atoms with Gasteiger partial charge < -0.3 is 14.4 Å². The maximum atomic E-state index is 13.7. The molecule has 0 atom stereocenters. The van der Waals surface area contributed by atoms with Crippen LogP contribution in [-0.2, 0) is 14.1 Å². The summed E-state index contributed by atoms with van der Waals surface area (Å²) in [4.78, 5) is 10.5. The Kier molecular flexibility index (Phi) is 3.95. The maximum absolute atomic E-state index is 13.7. The number of aliphatic carboxylic acids is 1. The lowest BCUT2D eigenvalue weighted by Gasteiger charge is -2.32. The highest BCUT2D eigenvalue weighted by Gasteiger charge is 2.51. The Labute approximate surface area is 123 Å². The molecule has 0 radical (unpaired) electrons. The molecule has 0 unspecified atom stereocenters. The summed E-state index contributed by atoms with van der Waals surface area (Å²) in [5, 5.41) is 8.63. The van der Waals surface area contributed by atoms with Crippen molar-refractivity contribution in [1.82, 2.24) is 0 Å². The molecule has 0 bridgehead atoms. The molecule has 1 aromatic carbocycles. The molecule has 0 spiro atoms. The number of carbonyl (C=O) groups is 1. The molecule has 0 aromatic heterocycles. The predicted octanol–water partition coefficient (Wildman–Crippen LogP) is 2.22. The van der Waals surface area contributed by atoms with Crippen molar-refractivity contribution in [3.63, 3.8) is 0 Å². The quantitative estimate of drug-likeness (QED) is 0.685. The standard InChI is InChI=1S/C15H18BFO4/c1-14(2)15(3,4)21-16(20-14)11-6-7-12(17)10(9-11)5-8-13(18)19/h5-9H,1-4H3,(H,18,19). The number of carboxylic acid groups (broad SMARTS) is 1. The van der Waals surface area contributed by atoms with Crippen molar-refractivity contribution in [3.8, 4) is 0 Å². The zero-order valence-corrected chi connectivity index (χ0v) is 12.5. The minimum absolute atomic E-state index is 0.185. The van der Waals surface area contributed by atoms with Crippen molar-refractivity contribution in [2.24, 2.45) is 0 Å². The van der Waals surface area contributed by atoms with Gasteiger partial charge in [-0.1, -0.05) is 12.1 Å². The summed E-state index contributed by atoms with van der Waals surface area (Å²) in [6.07, 6.45) is 2.11. The Morgan fingerprint density at radius 3 is 2.33 bits per heavy atom. The molecule has 2 rings (SSSR count). The van der Waals surface area contributed by atoms with Gasteiger partial charge in [-0.3, -0.25) is 0 Å². The van der Waals surface area contributed by atoms with E-state index in [0.29, 0.717) is 5.46 Å². The average molecular weight is 292 g/mol. The van der Waals surface area contributed by atoms with Gasteiger partial charge in [0.15, 0.2) is 0 Å². The summed E-state index contributed by atoms with van der Waals surface area (Å²) in [7, 11) is -0.604. The normalized spacial score (nSPS) is 20.1. The van der Waals surface area contributed by atoms with Gasteiger partial charge in [0.25, 0.3) is 0 Å². The third kappa shape index (κ3) is 3.17. The average Bonchev–Trinajstić information content (AvgIpc) is 2.57. The van der Waals surface area contributed by atoms with Gasteiger partial charge in [0.05, 0.1) is 11.2 Å². The maximum Gasteiger partial charge on any atom is 0.494 e. The summed E-state index contributed by atoms with van der Waals surface area (Å²) in [6.45, 7) is 7.73. The third-order valence-corrected chi connectivity index (χ3v) is 3.95. The molecule has 1 aromatic rings. The number of rotatable bonds is 3. The molecule has 1 aliphatic heterocycles. The predicted molar refractivity (Wildman–Crippen MR) is 78.8 cm³/mol. The fourth-order valence-electron chi connectivity index (χ4n) is 1.98. The minimum Gasteiger partial charge on any atom is -0.478 e. The molecule has 0 saturated carbocycles. The molecule has 4 nitrogen and oxygen atoms in total. The van der Waals surface area contributed by atoms with Crippen LogP contribution in [0.25, 0.3) is 6.08 Å². The van der Waals surface area contributed by atoms with E-state index in [-0.39, 0.29) is 5.56 Å². The smallest absolute Gasteiger partial charge is 0.478 e. The van der Waals surface area contributed by atoms with Crippen molar-refractivity contribution in [2.45, 2.75) is 38.9 Å². The zero-order chi connectivity index (χ0) is 15.8. The summed E-state index contributed by atoms with van der Waals surface area (Å²) in [5.74, 6) is -1.62. The van der Waals surface area contributed by atoms with Crippen LogP contribution < -0.4 is 5.46 Å². The molecule has 21 heavy (non-hydrogen) atoms. The van der Waals surface area contributed by atoms with E-state index in [9.17, 15) is 9.18 Å². The van der Waals surface area contributed by atoms with Crippen LogP contribution in [0.4, 0.5) is 4.39 Å². The van der Waals surface area contributed by atoms with E-state index < -0.39 is 30.1 Å². The van der Waals surface area contributed by atoms with Gasteiger partial charge in [-0.15, -0.1) is 0 Å². The van der Waals surface area contributed by atoms with E-state index in [1.807, 2.05) is 27.7 Å². The van der Waals surface area contributed by atoms with E-state index in [0.717, 1.165) is 6.08 Å². The van der Waals surface area contributed by atoms with Gasteiger partial charge in [0.1, 0.15) is 5.82 Å². The fraction of sp³-hybridized carbons (Fsp3) is 0.400. The van der Waals surface area contributed by atoms with Crippen molar-refractivity contribution >= 4 is 24.6 Å². The highest BCUT2D eigenvalue weighted by molar-refractivity contribution is 6.62. The number of benzene rings is 1. The lowest BCUT2D eigenvalue weighted by molar-refractivity contribution is -0.131. The molecule has 1 fully saturated rings. The van der Waals surface area contributed by atoms with Crippen LogP contribution >= 0.6 is 0 Å². The highest BCUT2D eigenvalue weighted by atomic mass is 19.1. The molecule has 112 valence electrons. The van der Waals surface area contributed by atoms with Gasteiger partial charge in [0, 0.05) is 11.6 Å². The molecule has 0 aliphatic carbocycles. The van der Waals surface area contributed by atoms with Gasteiger partial charge in [-0.2, -0.15) is 0 Å². The van der Waals surface area contributed by atoms with Crippen LogP contribution in [0.5, 0.6) is 0 Å². The molecule has 1 saturated heterocycles. The topological polar surface area (TPSA) is 55.8 Å². The molecule has 1 N–H and O–H groups in total. The second-order valence-electron chi connectivity index (χ2n) is 6.04. The van der Waals surface area contributed by atoms with Crippen molar-refractivity contribution < 1.29 is 23.6 Å². The Balaban J connectivity index is 2.30. The summed E-state index contributed by atoms with van der Waals surface area (Å²) in [6, 6.07) is 4.40. The fourth-order valence-corrected chi connectivity index (χ4v) is 1.98. The SMILES string of the molecule is CC1(C)OB(c2ccc(F)c(C=CC(=O)O)c2)OC1(C)C. The Morgan fingerprint density at radius 2 is 1.81 bits per heavy atom. The monoisotopic (exact) mass is 292 g/mol. The minimum atomic E-state index is -1.13. The lowest BCUT2D eigenvalue weighted by Crippen LogP contribution is -2.41. The number of halogens is 1. The third-order valence-electron chi connectivity index (χ3n) is 3.95. The van der Waals surface area contributed by atoms with Crippen LogP contribution in [-0.4, -0.2) is 29.4 Å². The first-order valence-electron chi connectivity index (χ1n) is 6.68. The second-order valence-corrected chi connectivity index (χ2v) is 6.04. The first-order chi connectivity index (χ1) is 9.62. The van der Waals surface area contributed by atoms with Crippen LogP contribution in [0, 0.1) is 5.82 Å². The first kappa shape index (κ1) is 15.7. The Bertz CT molecular complexity index is 579. The van der Waals surface area contributed by atoms with Gasteiger partial charge in [-0.05, 0) is 45.3 Å². The number of carboxylic acids is 1. The van der Waals surface area contributed by atoms with Crippen LogP contribution in [0.15, 0.2) is 24.3 Å². The summed E-state index contributed by atoms with van der Waals surface area (Å²) >= 11 is 0. The summed E-state index contributed by atoms with van der Waals surface area (Å²) < 4.78 is 25.5. The van der Waals surface area contributed by atoms with E-state index in [2.05, 4.69) is 0 Å². The number of hydrogen-bond acceptors (Lipinski definition) is 3. The number of hydrogen-bond donors (Lipinski definition) is 1. The largest absolute Gasteiger partial charge is 0.494 e. The van der Waals surface area contributed by atoms with Crippen LogP contribution in [0.3, 0.4) is 0 Å². The van der Waals surface area contributed by atoms with Gasteiger partial charge >= 0.3 is 13.1 Å². The van der Waals surface area contributed by atoms with E-state index in [1.54, 1.807) is 6.07 Å². The molecular weight excluding hydrogens is 274 g/mol. The molecular formula is C15H18BFO4. The van der Waals surface area contributed by atoms with E-state index in [4.69, 9.17) is 14.4 Å². The van der Waals surface area contributed by atoms with Crippen LogP contribution in [0.2, 0.25) is 0 Å². The molecule has 1 aliphatic rings. The van der Waals surface area contributed by atoms with Crippen molar-refractivity contribution in [1.29, 1.82) is 0 Å².